The molecular formula is C34H37Br2N5O4. The zero-order chi connectivity index (χ0) is 31.5. The zero-order valence-corrected chi connectivity index (χ0v) is 28.2. The van der Waals surface area contributed by atoms with Gasteiger partial charge in [0.15, 0.2) is 0 Å². The second-order valence-electron chi connectivity index (χ2n) is 12.2. The fourth-order valence-corrected chi connectivity index (χ4v) is 8.16. The van der Waals surface area contributed by atoms with E-state index in [0.29, 0.717) is 66.8 Å². The first-order valence-electron chi connectivity index (χ1n) is 15.6. The first-order valence-corrected chi connectivity index (χ1v) is 17.1. The van der Waals surface area contributed by atoms with Gasteiger partial charge in [0.25, 0.3) is 0 Å². The third-order valence-corrected chi connectivity index (χ3v) is 10.6. The second kappa shape index (κ2) is 13.9. The van der Waals surface area contributed by atoms with Crippen LogP contribution in [0.2, 0.25) is 0 Å². The third-order valence-electron chi connectivity index (χ3n) is 9.43. The number of pyridine rings is 1. The number of piperidine rings is 2. The number of halogens is 2. The number of phenols is 1. The maximum absolute atomic E-state index is 14.0. The number of carbonyl (C=O) groups excluding carboxylic acids is 3. The van der Waals surface area contributed by atoms with E-state index in [1.807, 2.05) is 75.6 Å². The van der Waals surface area contributed by atoms with Crippen molar-refractivity contribution in [1.82, 2.24) is 19.7 Å². The highest BCUT2D eigenvalue weighted by Crippen LogP contribution is 2.35. The minimum absolute atomic E-state index is 0.00427. The van der Waals surface area contributed by atoms with E-state index in [2.05, 4.69) is 42.2 Å². The van der Waals surface area contributed by atoms with Crippen molar-refractivity contribution in [3.63, 3.8) is 0 Å². The number of phenolic OH excluding ortho intramolecular Hbond substituents is 1. The van der Waals surface area contributed by atoms with Crippen LogP contribution in [0.3, 0.4) is 0 Å². The number of carbonyl (C=O) groups is 3. The van der Waals surface area contributed by atoms with Gasteiger partial charge in [-0.25, -0.2) is 4.79 Å². The Hall–Kier alpha value is -3.44. The van der Waals surface area contributed by atoms with Gasteiger partial charge in [-0.2, -0.15) is 0 Å². The molecule has 2 saturated heterocycles. The number of hydrogen-bond acceptors (Lipinski definition) is 5. The number of hydrogen-bond donors (Lipinski definition) is 2. The van der Waals surface area contributed by atoms with Crippen molar-refractivity contribution in [3.05, 3.63) is 86.6 Å². The number of nitrogens with zero attached hydrogens (tertiary/aromatic N) is 4. The number of anilines is 1. The number of fused-ring (bicyclic) bond motifs is 1. The predicted molar refractivity (Wildman–Crippen MR) is 179 cm³/mol. The molecule has 11 heteroatoms. The average Bonchev–Trinajstić information content (AvgIpc) is 3.06. The summed E-state index contributed by atoms with van der Waals surface area (Å²) in [4.78, 5) is 50.4. The monoisotopic (exact) mass is 737 g/mol. The van der Waals surface area contributed by atoms with Crippen LogP contribution in [-0.4, -0.2) is 74.9 Å². The van der Waals surface area contributed by atoms with E-state index in [9.17, 15) is 19.5 Å². The highest BCUT2D eigenvalue weighted by atomic mass is 79.9. The summed E-state index contributed by atoms with van der Waals surface area (Å²) in [5, 5.41) is 13.2. The molecule has 0 bridgehead atoms. The molecule has 4 amide bonds. The maximum atomic E-state index is 14.0. The quantitative estimate of drug-likeness (QED) is 0.296. The van der Waals surface area contributed by atoms with Crippen molar-refractivity contribution < 1.29 is 19.5 Å². The van der Waals surface area contributed by atoms with Crippen molar-refractivity contribution in [2.45, 2.75) is 57.0 Å². The molecule has 3 aromatic rings. The molecule has 1 aromatic heterocycles. The Balaban J connectivity index is 1.11. The van der Waals surface area contributed by atoms with Crippen molar-refractivity contribution in [2.24, 2.45) is 5.92 Å². The van der Waals surface area contributed by atoms with Crippen LogP contribution in [0.1, 0.15) is 54.7 Å². The Kier molecular flexibility index (Phi) is 9.75. The number of aromatic nitrogens is 1. The van der Waals surface area contributed by atoms with Gasteiger partial charge in [0.05, 0.1) is 14.9 Å². The van der Waals surface area contributed by atoms with E-state index in [1.165, 1.54) is 5.56 Å². The molecule has 0 aliphatic carbocycles. The average molecular weight is 740 g/mol. The molecule has 9 nitrogen and oxygen atoms in total. The van der Waals surface area contributed by atoms with Gasteiger partial charge >= 0.3 is 6.03 Å². The van der Waals surface area contributed by atoms with E-state index in [1.54, 1.807) is 0 Å². The number of urea groups is 1. The molecular weight excluding hydrogens is 702 g/mol. The lowest BCUT2D eigenvalue weighted by Gasteiger charge is -2.41. The van der Waals surface area contributed by atoms with Gasteiger partial charge < -0.3 is 25.1 Å². The van der Waals surface area contributed by atoms with E-state index in [4.69, 9.17) is 0 Å². The number of nitrogens with one attached hydrogen (secondary N) is 1. The summed E-state index contributed by atoms with van der Waals surface area (Å²) in [6.07, 6.45) is 7.25. The zero-order valence-electron chi connectivity index (χ0n) is 25.0. The number of benzene rings is 2. The summed E-state index contributed by atoms with van der Waals surface area (Å²) >= 11 is 6.81. The highest BCUT2D eigenvalue weighted by molar-refractivity contribution is 9.11. The summed E-state index contributed by atoms with van der Waals surface area (Å²) < 4.78 is 1.07. The van der Waals surface area contributed by atoms with Crippen LogP contribution in [0, 0.1) is 5.92 Å². The van der Waals surface area contributed by atoms with Crippen LogP contribution in [0.15, 0.2) is 69.9 Å². The van der Waals surface area contributed by atoms with Gasteiger partial charge in [-0.1, -0.05) is 18.2 Å². The molecule has 3 aliphatic rings. The fourth-order valence-electron chi connectivity index (χ4n) is 6.88. The molecule has 45 heavy (non-hydrogen) atoms. The normalized spacial score (nSPS) is 18.4. The molecule has 1 unspecified atom stereocenters. The van der Waals surface area contributed by atoms with E-state index in [-0.39, 0.29) is 36.1 Å². The molecule has 4 heterocycles. The second-order valence-corrected chi connectivity index (χ2v) is 13.9. The van der Waals surface area contributed by atoms with Gasteiger partial charge in [-0.05, 0) is 117 Å². The van der Waals surface area contributed by atoms with Crippen molar-refractivity contribution in [3.8, 4) is 5.75 Å². The van der Waals surface area contributed by atoms with Crippen LogP contribution < -0.4 is 5.32 Å². The van der Waals surface area contributed by atoms with E-state index < -0.39 is 5.92 Å². The number of para-hydroxylation sites is 1. The Morgan fingerprint density at radius 1 is 0.933 bits per heavy atom. The molecule has 3 aliphatic heterocycles. The molecule has 2 N–H and O–H groups in total. The first-order chi connectivity index (χ1) is 21.8. The summed E-state index contributed by atoms with van der Waals surface area (Å²) in [6, 6.07) is 15.5. The Morgan fingerprint density at radius 3 is 2.27 bits per heavy atom. The lowest BCUT2D eigenvalue weighted by Crippen LogP contribution is -2.51. The molecule has 0 radical (unpaired) electrons. The Bertz CT molecular complexity index is 1530. The van der Waals surface area contributed by atoms with E-state index >= 15 is 0 Å². The SMILES string of the molecule is O=C(CC(Cc1cc(Br)c(O)c(Br)c1)C(=O)N1CCC(c2ccncc2)CC1)N1CCC(N2Cc3ccccc3NC2=O)CC1. The first kappa shape index (κ1) is 31.5. The van der Waals surface area contributed by atoms with Crippen molar-refractivity contribution >= 4 is 55.4 Å². The smallest absolute Gasteiger partial charge is 0.322 e. The predicted octanol–water partition coefficient (Wildman–Crippen LogP) is 6.31. The summed E-state index contributed by atoms with van der Waals surface area (Å²) in [6.45, 7) is 2.94. The van der Waals surface area contributed by atoms with Gasteiger partial charge in [0, 0.05) is 63.3 Å². The highest BCUT2D eigenvalue weighted by Gasteiger charge is 2.35. The van der Waals surface area contributed by atoms with Crippen LogP contribution in [0.25, 0.3) is 0 Å². The van der Waals surface area contributed by atoms with E-state index in [0.717, 1.165) is 29.7 Å². The van der Waals surface area contributed by atoms with Crippen LogP contribution in [0.5, 0.6) is 5.75 Å². The molecule has 6 rings (SSSR count). The molecule has 0 saturated carbocycles. The Labute approximate surface area is 280 Å². The standard InChI is InChI=1S/C34H37Br2N5O4/c35-28-18-22(19-29(36)32(28)43)17-26(33(44)40-13-7-24(8-14-40)23-5-11-37-12-6-23)20-31(42)39-15-9-27(10-16-39)41-21-25-3-1-2-4-30(25)38-34(41)45/h1-6,11-12,18-19,24,26-27,43H,7-10,13-17,20-21H2,(H,38,45). The minimum Gasteiger partial charge on any atom is -0.506 e. The van der Waals surface area contributed by atoms with Crippen molar-refractivity contribution in [2.75, 3.05) is 31.5 Å². The molecule has 2 aromatic carbocycles. The topological polar surface area (TPSA) is 106 Å². The fraction of sp³-hybridized carbons (Fsp3) is 0.412. The number of rotatable bonds is 7. The number of likely N-dealkylation sites (tertiary alicyclic amines) is 2. The van der Waals surface area contributed by atoms with Gasteiger partial charge in [-0.3, -0.25) is 14.6 Å². The van der Waals surface area contributed by atoms with Gasteiger partial charge in [0.2, 0.25) is 11.8 Å². The van der Waals surface area contributed by atoms with Crippen LogP contribution in [-0.2, 0) is 22.6 Å². The van der Waals surface area contributed by atoms with Gasteiger partial charge in [0.1, 0.15) is 5.75 Å². The molecule has 1 atom stereocenters. The molecule has 236 valence electrons. The lowest BCUT2D eigenvalue weighted by atomic mass is 9.88. The summed E-state index contributed by atoms with van der Waals surface area (Å²) in [5.74, 6) is -0.0813. The Morgan fingerprint density at radius 2 is 1.58 bits per heavy atom. The third kappa shape index (κ3) is 7.19. The van der Waals surface area contributed by atoms with Gasteiger partial charge in [-0.15, -0.1) is 0 Å². The number of amides is 4. The largest absolute Gasteiger partial charge is 0.506 e. The van der Waals surface area contributed by atoms with Crippen LogP contribution in [0.4, 0.5) is 10.5 Å². The lowest BCUT2D eigenvalue weighted by molar-refractivity contribution is -0.142. The molecule has 0 spiro atoms. The molecule has 2 fully saturated rings. The summed E-state index contributed by atoms with van der Waals surface area (Å²) in [7, 11) is 0. The van der Waals surface area contributed by atoms with Crippen LogP contribution >= 0.6 is 31.9 Å². The summed E-state index contributed by atoms with van der Waals surface area (Å²) in [5.41, 5.74) is 4.06. The number of aromatic hydroxyl groups is 1. The minimum atomic E-state index is -0.527. The maximum Gasteiger partial charge on any atom is 0.322 e. The van der Waals surface area contributed by atoms with Crippen molar-refractivity contribution in [1.29, 1.82) is 0 Å².